The van der Waals surface area contributed by atoms with Crippen molar-refractivity contribution in [2.45, 2.75) is 38.0 Å². The lowest BCUT2D eigenvalue weighted by atomic mass is 9.84. The molecule has 0 unspecified atom stereocenters. The van der Waals surface area contributed by atoms with E-state index in [4.69, 9.17) is 0 Å². The number of benzene rings is 1. The van der Waals surface area contributed by atoms with Crippen molar-refractivity contribution in [3.63, 3.8) is 0 Å². The van der Waals surface area contributed by atoms with Gasteiger partial charge >= 0.3 is 0 Å². The minimum Gasteiger partial charge on any atom is -0.298 e. The van der Waals surface area contributed by atoms with Crippen LogP contribution in [0.15, 0.2) is 30.5 Å². The summed E-state index contributed by atoms with van der Waals surface area (Å²) in [5.41, 5.74) is 4.04. The normalized spacial score (nSPS) is 16.2. The molecule has 104 valence electrons. The Balaban J connectivity index is 1.89. The van der Waals surface area contributed by atoms with Gasteiger partial charge in [0.25, 0.3) is 0 Å². The molecule has 2 aromatic rings. The molecule has 0 N–H and O–H groups in total. The van der Waals surface area contributed by atoms with Crippen LogP contribution in [0.2, 0.25) is 0 Å². The molecule has 3 rings (SSSR count). The van der Waals surface area contributed by atoms with Gasteiger partial charge < -0.3 is 0 Å². The highest BCUT2D eigenvalue weighted by atomic mass is 16.1. The second-order valence-corrected chi connectivity index (χ2v) is 5.65. The summed E-state index contributed by atoms with van der Waals surface area (Å²) in [5, 5.41) is 4.16. The van der Waals surface area contributed by atoms with E-state index < -0.39 is 0 Å². The van der Waals surface area contributed by atoms with Crippen LogP contribution in [0.5, 0.6) is 0 Å². The minimum absolute atomic E-state index is 0.651. The molecule has 0 radical (unpaired) electrons. The lowest BCUT2D eigenvalue weighted by molar-refractivity contribution is 0.112. The molecule has 0 atom stereocenters. The molecule has 3 heteroatoms. The summed E-state index contributed by atoms with van der Waals surface area (Å²) in [7, 11) is 1.87. The standard InChI is InChI=1S/C17H20N2O/c1-19-17(16(12-20)11-18-19)15-9-7-14(8-10-15)13-5-3-2-4-6-13/h7-13H,2-6H2,1H3. The zero-order valence-electron chi connectivity index (χ0n) is 11.9. The van der Waals surface area contributed by atoms with Gasteiger partial charge in [-0.25, -0.2) is 0 Å². The molecule has 20 heavy (non-hydrogen) atoms. The molecule has 1 aliphatic rings. The molecule has 0 aliphatic heterocycles. The fraction of sp³-hybridized carbons (Fsp3) is 0.412. The van der Waals surface area contributed by atoms with Crippen molar-refractivity contribution in [1.82, 2.24) is 9.78 Å². The van der Waals surface area contributed by atoms with Gasteiger partial charge in [0.05, 0.1) is 17.5 Å². The van der Waals surface area contributed by atoms with Crippen LogP contribution in [0.4, 0.5) is 0 Å². The number of nitrogens with zero attached hydrogens (tertiary/aromatic N) is 2. The van der Waals surface area contributed by atoms with Crippen molar-refractivity contribution in [2.75, 3.05) is 0 Å². The zero-order chi connectivity index (χ0) is 13.9. The van der Waals surface area contributed by atoms with Crippen molar-refractivity contribution in [2.24, 2.45) is 7.05 Å². The van der Waals surface area contributed by atoms with Crippen LogP contribution in [-0.4, -0.2) is 16.1 Å². The highest BCUT2D eigenvalue weighted by Crippen LogP contribution is 2.33. The second kappa shape index (κ2) is 5.61. The van der Waals surface area contributed by atoms with Gasteiger partial charge in [-0.1, -0.05) is 43.5 Å². The van der Waals surface area contributed by atoms with Crippen LogP contribution in [0.25, 0.3) is 11.3 Å². The molecule has 1 aromatic heterocycles. The maximum Gasteiger partial charge on any atom is 0.153 e. The van der Waals surface area contributed by atoms with Crippen LogP contribution in [0.1, 0.15) is 53.9 Å². The Bertz CT molecular complexity index is 592. The van der Waals surface area contributed by atoms with Gasteiger partial charge in [0.2, 0.25) is 0 Å². The van der Waals surface area contributed by atoms with Gasteiger partial charge in [0.15, 0.2) is 6.29 Å². The monoisotopic (exact) mass is 268 g/mol. The number of aryl methyl sites for hydroxylation is 1. The first-order chi connectivity index (χ1) is 9.79. The topological polar surface area (TPSA) is 34.9 Å². The van der Waals surface area contributed by atoms with Gasteiger partial charge in [0.1, 0.15) is 0 Å². The SMILES string of the molecule is Cn1ncc(C=O)c1-c1ccc(C2CCCCC2)cc1. The Morgan fingerprint density at radius 3 is 2.50 bits per heavy atom. The number of carbonyl (C=O) groups excluding carboxylic acids is 1. The zero-order valence-corrected chi connectivity index (χ0v) is 11.9. The molecule has 0 bridgehead atoms. The average molecular weight is 268 g/mol. The first kappa shape index (κ1) is 13.1. The van der Waals surface area contributed by atoms with Crippen LogP contribution in [0, 0.1) is 0 Å². The third-order valence-electron chi connectivity index (χ3n) is 4.35. The summed E-state index contributed by atoms with van der Waals surface area (Å²) >= 11 is 0. The van der Waals surface area contributed by atoms with E-state index in [1.54, 1.807) is 10.9 Å². The highest BCUT2D eigenvalue weighted by molar-refractivity contribution is 5.85. The van der Waals surface area contributed by atoms with Crippen molar-refractivity contribution >= 4 is 6.29 Å². The molecule has 1 aromatic carbocycles. The van der Waals surface area contributed by atoms with Crippen LogP contribution in [0.3, 0.4) is 0 Å². The molecular weight excluding hydrogens is 248 g/mol. The van der Waals surface area contributed by atoms with E-state index in [0.717, 1.165) is 23.5 Å². The van der Waals surface area contributed by atoms with Crippen molar-refractivity contribution in [3.8, 4) is 11.3 Å². The van der Waals surface area contributed by atoms with E-state index in [1.165, 1.54) is 37.7 Å². The predicted molar refractivity (Wildman–Crippen MR) is 79.9 cm³/mol. The average Bonchev–Trinajstić information content (AvgIpc) is 2.89. The maximum absolute atomic E-state index is 11.1. The van der Waals surface area contributed by atoms with E-state index in [9.17, 15) is 4.79 Å². The molecular formula is C17H20N2O. The van der Waals surface area contributed by atoms with E-state index in [1.807, 2.05) is 7.05 Å². The third-order valence-corrected chi connectivity index (χ3v) is 4.35. The summed E-state index contributed by atoms with van der Waals surface area (Å²) in [5.74, 6) is 0.717. The van der Waals surface area contributed by atoms with Crippen molar-refractivity contribution in [1.29, 1.82) is 0 Å². The van der Waals surface area contributed by atoms with Gasteiger partial charge in [-0.05, 0) is 24.3 Å². The number of carbonyl (C=O) groups is 1. The molecule has 1 saturated carbocycles. The van der Waals surface area contributed by atoms with E-state index in [-0.39, 0.29) is 0 Å². The van der Waals surface area contributed by atoms with Crippen molar-refractivity contribution in [3.05, 3.63) is 41.6 Å². The maximum atomic E-state index is 11.1. The lowest BCUT2D eigenvalue weighted by Crippen LogP contribution is -2.04. The van der Waals surface area contributed by atoms with Crippen LogP contribution in [-0.2, 0) is 7.05 Å². The molecule has 1 heterocycles. The predicted octanol–water partition coefficient (Wildman–Crippen LogP) is 3.95. The largest absolute Gasteiger partial charge is 0.298 e. The van der Waals surface area contributed by atoms with E-state index in [0.29, 0.717) is 5.56 Å². The quantitative estimate of drug-likeness (QED) is 0.790. The van der Waals surface area contributed by atoms with Gasteiger partial charge in [0, 0.05) is 12.6 Å². The van der Waals surface area contributed by atoms with Crippen LogP contribution < -0.4 is 0 Å². The molecule has 1 aliphatic carbocycles. The van der Waals surface area contributed by atoms with Gasteiger partial charge in [-0.3, -0.25) is 9.48 Å². The van der Waals surface area contributed by atoms with Crippen LogP contribution >= 0.6 is 0 Å². The number of hydrogen-bond acceptors (Lipinski definition) is 2. The molecule has 0 spiro atoms. The Kier molecular flexibility index (Phi) is 3.68. The van der Waals surface area contributed by atoms with Crippen molar-refractivity contribution < 1.29 is 4.79 Å². The molecule has 0 saturated heterocycles. The van der Waals surface area contributed by atoms with E-state index >= 15 is 0 Å². The number of aromatic nitrogens is 2. The fourth-order valence-corrected chi connectivity index (χ4v) is 3.24. The summed E-state index contributed by atoms with van der Waals surface area (Å²) in [6.45, 7) is 0. The van der Waals surface area contributed by atoms with E-state index in [2.05, 4.69) is 29.4 Å². The second-order valence-electron chi connectivity index (χ2n) is 5.65. The summed E-state index contributed by atoms with van der Waals surface area (Å²) < 4.78 is 1.76. The summed E-state index contributed by atoms with van der Waals surface area (Å²) in [6.07, 6.45) is 9.20. The van der Waals surface area contributed by atoms with Gasteiger partial charge in [-0.15, -0.1) is 0 Å². The number of hydrogen-bond donors (Lipinski definition) is 0. The molecule has 1 fully saturated rings. The Hall–Kier alpha value is -1.90. The Morgan fingerprint density at radius 2 is 1.85 bits per heavy atom. The number of aldehydes is 1. The fourth-order valence-electron chi connectivity index (χ4n) is 3.24. The first-order valence-corrected chi connectivity index (χ1v) is 7.37. The lowest BCUT2D eigenvalue weighted by Gasteiger charge is -2.22. The summed E-state index contributed by atoms with van der Waals surface area (Å²) in [4.78, 5) is 11.1. The first-order valence-electron chi connectivity index (χ1n) is 7.37. The Morgan fingerprint density at radius 1 is 1.15 bits per heavy atom. The summed E-state index contributed by atoms with van der Waals surface area (Å²) in [6, 6.07) is 8.67. The minimum atomic E-state index is 0.651. The third kappa shape index (κ3) is 2.40. The molecule has 3 nitrogen and oxygen atoms in total. The van der Waals surface area contributed by atoms with Gasteiger partial charge in [-0.2, -0.15) is 5.10 Å². The smallest absolute Gasteiger partial charge is 0.153 e. The number of rotatable bonds is 3. The highest BCUT2D eigenvalue weighted by Gasteiger charge is 2.16. The Labute approximate surface area is 119 Å². The molecule has 0 amide bonds.